The van der Waals surface area contributed by atoms with Crippen molar-refractivity contribution in [2.75, 3.05) is 0 Å². The van der Waals surface area contributed by atoms with E-state index in [2.05, 4.69) is 4.98 Å². The summed E-state index contributed by atoms with van der Waals surface area (Å²) in [4.78, 5) is 3.87. The Hall–Kier alpha value is -0.470. The van der Waals surface area contributed by atoms with E-state index in [4.69, 9.17) is 23.8 Å². The summed E-state index contributed by atoms with van der Waals surface area (Å²) in [5.41, 5.74) is 1.11. The molecule has 1 rings (SSSR count). The lowest BCUT2D eigenvalue weighted by Crippen LogP contribution is -1.89. The zero-order valence-corrected chi connectivity index (χ0v) is 6.82. The third kappa shape index (κ3) is 2.42. The van der Waals surface area contributed by atoms with Crippen LogP contribution in [-0.2, 0) is 6.42 Å². The lowest BCUT2D eigenvalue weighted by molar-refractivity contribution is 1.26. The van der Waals surface area contributed by atoms with Crippen molar-refractivity contribution in [2.24, 2.45) is 0 Å². The van der Waals surface area contributed by atoms with Gasteiger partial charge in [0.25, 0.3) is 0 Å². The van der Waals surface area contributed by atoms with Crippen molar-refractivity contribution < 1.29 is 0 Å². The normalized spacial score (nSPS) is 9.30. The number of hydrogen-bond donors (Lipinski definition) is 0. The van der Waals surface area contributed by atoms with E-state index in [0.29, 0.717) is 10.7 Å². The molecule has 0 saturated heterocycles. The summed E-state index contributed by atoms with van der Waals surface area (Å²) in [5, 5.41) is 0. The van der Waals surface area contributed by atoms with Gasteiger partial charge in [0.2, 0.25) is 0 Å². The molecule has 0 aliphatic heterocycles. The van der Waals surface area contributed by atoms with Gasteiger partial charge in [-0.1, -0.05) is 23.8 Å². The van der Waals surface area contributed by atoms with Crippen LogP contribution in [0, 0.1) is 0 Å². The molecule has 1 nitrogen and oxygen atoms in total. The molecule has 0 unspecified atom stereocenters. The number of aromatic nitrogens is 1. The highest BCUT2D eigenvalue weighted by Crippen LogP contribution is 2.01. The van der Waals surface area contributed by atoms with Crippen LogP contribution in [0.3, 0.4) is 0 Å². The van der Waals surface area contributed by atoms with Gasteiger partial charge in [-0.05, 0) is 17.7 Å². The third-order valence-electron chi connectivity index (χ3n) is 1.09. The molecule has 0 radical (unpaired) electrons. The summed E-state index contributed by atoms with van der Waals surface area (Å²) >= 11 is 10.2. The van der Waals surface area contributed by atoms with Crippen molar-refractivity contribution in [3.05, 3.63) is 30.1 Å². The van der Waals surface area contributed by atoms with E-state index >= 15 is 0 Å². The van der Waals surface area contributed by atoms with E-state index in [-0.39, 0.29) is 0 Å². The Balaban J connectivity index is 2.67. The minimum Gasteiger partial charge on any atom is -0.265 e. The summed E-state index contributed by atoms with van der Waals surface area (Å²) < 4.78 is 0.492. The Kier molecular flexibility index (Phi) is 2.78. The van der Waals surface area contributed by atoms with Gasteiger partial charge in [0, 0.05) is 18.8 Å². The summed E-state index contributed by atoms with van der Waals surface area (Å²) in [6.07, 6.45) is 4.11. The molecule has 10 heavy (non-hydrogen) atoms. The van der Waals surface area contributed by atoms with Gasteiger partial charge in [-0.3, -0.25) is 4.98 Å². The monoisotopic (exact) mass is 171 g/mol. The molecule has 0 N–H and O–H groups in total. The fourth-order valence-electron chi connectivity index (χ4n) is 0.661. The van der Waals surface area contributed by atoms with Crippen molar-refractivity contribution in [3.8, 4) is 0 Å². The highest BCUT2D eigenvalue weighted by Gasteiger charge is 1.92. The van der Waals surface area contributed by atoms with E-state index in [0.717, 1.165) is 5.56 Å². The Labute approximate surface area is 70.0 Å². The standard InChI is InChI=1S/C7H6ClNS/c8-7(10)5-6-1-3-9-4-2-6/h1-4H,5H2. The van der Waals surface area contributed by atoms with Crippen molar-refractivity contribution in [2.45, 2.75) is 6.42 Å². The molecule has 1 aromatic rings. The molecule has 0 saturated carbocycles. The molecule has 0 atom stereocenters. The first kappa shape index (κ1) is 7.63. The molecule has 0 fully saturated rings. The van der Waals surface area contributed by atoms with E-state index in [9.17, 15) is 0 Å². The molecule has 3 heteroatoms. The summed E-state index contributed by atoms with van der Waals surface area (Å²) in [5.74, 6) is 0. The molecule has 0 amide bonds. The van der Waals surface area contributed by atoms with Crippen LogP contribution in [0.25, 0.3) is 0 Å². The average Bonchev–Trinajstić information content (AvgIpc) is 1.88. The summed E-state index contributed by atoms with van der Waals surface area (Å²) in [7, 11) is 0. The summed E-state index contributed by atoms with van der Waals surface area (Å²) in [6, 6.07) is 3.80. The molecular formula is C7H6ClNS. The molecule has 0 aliphatic carbocycles. The molecule has 0 aromatic carbocycles. The van der Waals surface area contributed by atoms with Crippen LogP contribution in [0.2, 0.25) is 0 Å². The topological polar surface area (TPSA) is 12.9 Å². The van der Waals surface area contributed by atoms with Crippen molar-refractivity contribution in [1.82, 2.24) is 4.98 Å². The zero-order valence-electron chi connectivity index (χ0n) is 5.25. The molecular weight excluding hydrogens is 166 g/mol. The SMILES string of the molecule is S=C(Cl)Cc1ccncc1. The van der Waals surface area contributed by atoms with Gasteiger partial charge in [0.05, 0.1) is 4.32 Å². The molecule has 0 aliphatic rings. The number of nitrogens with zero attached hydrogens (tertiary/aromatic N) is 1. The van der Waals surface area contributed by atoms with Crippen LogP contribution in [0.15, 0.2) is 24.5 Å². The molecule has 1 heterocycles. The van der Waals surface area contributed by atoms with Crippen LogP contribution in [0.4, 0.5) is 0 Å². The molecule has 1 aromatic heterocycles. The second kappa shape index (κ2) is 3.64. The largest absolute Gasteiger partial charge is 0.265 e. The van der Waals surface area contributed by atoms with E-state index in [1.54, 1.807) is 12.4 Å². The Morgan fingerprint density at radius 1 is 1.50 bits per heavy atom. The Morgan fingerprint density at radius 2 is 2.10 bits per heavy atom. The maximum Gasteiger partial charge on any atom is 0.0852 e. The van der Waals surface area contributed by atoms with Crippen molar-refractivity contribution in [3.63, 3.8) is 0 Å². The number of hydrogen-bond acceptors (Lipinski definition) is 2. The third-order valence-corrected chi connectivity index (χ3v) is 1.37. The van der Waals surface area contributed by atoms with Gasteiger partial charge in [-0.15, -0.1) is 0 Å². The average molecular weight is 172 g/mol. The number of thiocarbonyl (C=S) groups is 1. The van der Waals surface area contributed by atoms with Gasteiger partial charge in [0.1, 0.15) is 0 Å². The highest BCUT2D eigenvalue weighted by atomic mass is 35.5. The van der Waals surface area contributed by atoms with Gasteiger partial charge < -0.3 is 0 Å². The maximum atomic E-state index is 5.52. The van der Waals surface area contributed by atoms with Gasteiger partial charge in [-0.25, -0.2) is 0 Å². The van der Waals surface area contributed by atoms with E-state index < -0.39 is 0 Å². The highest BCUT2D eigenvalue weighted by molar-refractivity contribution is 7.83. The predicted molar refractivity (Wildman–Crippen MR) is 46.4 cm³/mol. The minimum absolute atomic E-state index is 0.492. The van der Waals surface area contributed by atoms with Crippen LogP contribution in [0.1, 0.15) is 5.56 Å². The van der Waals surface area contributed by atoms with Crippen molar-refractivity contribution >= 4 is 28.1 Å². The quantitative estimate of drug-likeness (QED) is 0.500. The smallest absolute Gasteiger partial charge is 0.0852 e. The Morgan fingerprint density at radius 3 is 2.60 bits per heavy atom. The lowest BCUT2D eigenvalue weighted by Gasteiger charge is -1.93. The van der Waals surface area contributed by atoms with E-state index in [1.807, 2.05) is 12.1 Å². The summed E-state index contributed by atoms with van der Waals surface area (Å²) in [6.45, 7) is 0. The zero-order chi connectivity index (χ0) is 7.40. The van der Waals surface area contributed by atoms with Crippen LogP contribution >= 0.6 is 23.8 Å². The van der Waals surface area contributed by atoms with Gasteiger partial charge >= 0.3 is 0 Å². The fourth-order valence-corrected chi connectivity index (χ4v) is 0.982. The molecule has 0 bridgehead atoms. The number of halogens is 1. The van der Waals surface area contributed by atoms with Crippen LogP contribution in [-0.4, -0.2) is 9.31 Å². The van der Waals surface area contributed by atoms with E-state index in [1.165, 1.54) is 0 Å². The number of rotatable bonds is 2. The van der Waals surface area contributed by atoms with Gasteiger partial charge in [0.15, 0.2) is 0 Å². The van der Waals surface area contributed by atoms with Crippen LogP contribution < -0.4 is 0 Å². The second-order valence-corrected chi connectivity index (χ2v) is 3.06. The lowest BCUT2D eigenvalue weighted by atomic mass is 10.2. The van der Waals surface area contributed by atoms with Gasteiger partial charge in [-0.2, -0.15) is 0 Å². The predicted octanol–water partition coefficient (Wildman–Crippen LogP) is 2.19. The maximum absolute atomic E-state index is 5.52. The first-order valence-electron chi connectivity index (χ1n) is 2.86. The first-order valence-corrected chi connectivity index (χ1v) is 3.65. The molecule has 0 spiro atoms. The first-order chi connectivity index (χ1) is 4.79. The second-order valence-electron chi connectivity index (χ2n) is 1.89. The van der Waals surface area contributed by atoms with Crippen molar-refractivity contribution in [1.29, 1.82) is 0 Å². The van der Waals surface area contributed by atoms with Crippen LogP contribution in [0.5, 0.6) is 0 Å². The minimum atomic E-state index is 0.492. The molecule has 52 valence electrons. The fraction of sp³-hybridized carbons (Fsp3) is 0.143. The number of pyridine rings is 1. The Bertz CT molecular complexity index is 222.